The maximum atomic E-state index is 6.60. The Morgan fingerprint density at radius 2 is 1.53 bits per heavy atom. The van der Waals surface area contributed by atoms with Gasteiger partial charge in [0.15, 0.2) is 0 Å². The predicted molar refractivity (Wildman–Crippen MR) is 78.1 cm³/mol. The van der Waals surface area contributed by atoms with Crippen LogP contribution in [-0.2, 0) is 0 Å². The highest BCUT2D eigenvalue weighted by Gasteiger charge is 2.16. The quantitative estimate of drug-likeness (QED) is 0.460. The molecule has 0 aliphatic rings. The highest BCUT2D eigenvalue weighted by Crippen LogP contribution is 2.34. The number of halogens is 1. The first kappa shape index (κ1) is 14.6. The van der Waals surface area contributed by atoms with Crippen LogP contribution in [0.4, 0.5) is 0 Å². The molecule has 0 N–H and O–H groups in total. The fourth-order valence-electron chi connectivity index (χ4n) is 2.44. The standard InChI is InChI=1S/C16H25Cl/c1-6-7-8-9-15(17)16-13(4)11(2)10-12(3)14(16)5/h10,15H,6-9H2,1-5H3. The Morgan fingerprint density at radius 1 is 1.00 bits per heavy atom. The first-order valence-corrected chi connectivity index (χ1v) is 7.14. The monoisotopic (exact) mass is 252 g/mol. The van der Waals surface area contributed by atoms with Crippen LogP contribution >= 0.6 is 11.6 Å². The average molecular weight is 253 g/mol. The van der Waals surface area contributed by atoms with Gasteiger partial charge in [0.25, 0.3) is 0 Å². The zero-order valence-corrected chi connectivity index (χ0v) is 12.6. The van der Waals surface area contributed by atoms with E-state index >= 15 is 0 Å². The number of rotatable bonds is 5. The van der Waals surface area contributed by atoms with Gasteiger partial charge >= 0.3 is 0 Å². The molecule has 0 aromatic heterocycles. The van der Waals surface area contributed by atoms with Crippen molar-refractivity contribution in [3.63, 3.8) is 0 Å². The van der Waals surface area contributed by atoms with Crippen LogP contribution in [0.1, 0.15) is 65.8 Å². The van der Waals surface area contributed by atoms with E-state index in [1.165, 1.54) is 47.1 Å². The van der Waals surface area contributed by atoms with Crippen LogP contribution in [0, 0.1) is 27.7 Å². The minimum absolute atomic E-state index is 0.181. The van der Waals surface area contributed by atoms with E-state index in [0.29, 0.717) is 0 Å². The van der Waals surface area contributed by atoms with Crippen LogP contribution < -0.4 is 0 Å². The maximum Gasteiger partial charge on any atom is 0.0590 e. The van der Waals surface area contributed by atoms with Gasteiger partial charge < -0.3 is 0 Å². The van der Waals surface area contributed by atoms with E-state index in [-0.39, 0.29) is 5.38 Å². The lowest BCUT2D eigenvalue weighted by Gasteiger charge is -2.19. The summed E-state index contributed by atoms with van der Waals surface area (Å²) in [4.78, 5) is 0. The van der Waals surface area contributed by atoms with E-state index in [1.807, 2.05) is 0 Å². The molecule has 17 heavy (non-hydrogen) atoms. The molecule has 1 atom stereocenters. The molecule has 1 heteroatoms. The van der Waals surface area contributed by atoms with Crippen LogP contribution in [0.15, 0.2) is 6.07 Å². The summed E-state index contributed by atoms with van der Waals surface area (Å²) < 4.78 is 0. The Hall–Kier alpha value is -0.490. The number of alkyl halides is 1. The van der Waals surface area contributed by atoms with Crippen molar-refractivity contribution in [2.24, 2.45) is 0 Å². The van der Waals surface area contributed by atoms with E-state index in [1.54, 1.807) is 0 Å². The smallest absolute Gasteiger partial charge is 0.0590 e. The van der Waals surface area contributed by atoms with Gasteiger partial charge in [-0.1, -0.05) is 32.3 Å². The van der Waals surface area contributed by atoms with Crippen LogP contribution in [0.3, 0.4) is 0 Å². The first-order valence-electron chi connectivity index (χ1n) is 6.70. The van der Waals surface area contributed by atoms with Crippen molar-refractivity contribution in [3.05, 3.63) is 33.9 Å². The summed E-state index contributed by atoms with van der Waals surface area (Å²) in [6.07, 6.45) is 4.87. The van der Waals surface area contributed by atoms with Gasteiger partial charge in [-0.05, 0) is 61.9 Å². The Labute approximate surface area is 111 Å². The highest BCUT2D eigenvalue weighted by atomic mass is 35.5. The van der Waals surface area contributed by atoms with Gasteiger partial charge in [-0.15, -0.1) is 11.6 Å². The maximum absolute atomic E-state index is 6.60. The molecular weight excluding hydrogens is 228 g/mol. The van der Waals surface area contributed by atoms with Crippen LogP contribution in [0.5, 0.6) is 0 Å². The molecule has 0 nitrogen and oxygen atoms in total. The molecule has 1 rings (SSSR count). The molecule has 0 saturated carbocycles. The van der Waals surface area contributed by atoms with Crippen molar-refractivity contribution in [2.45, 2.75) is 65.7 Å². The fourth-order valence-corrected chi connectivity index (χ4v) is 2.92. The summed E-state index contributed by atoms with van der Waals surface area (Å²) in [5.41, 5.74) is 6.86. The van der Waals surface area contributed by atoms with E-state index < -0.39 is 0 Å². The average Bonchev–Trinajstić information content (AvgIpc) is 2.27. The second-order valence-corrected chi connectivity index (χ2v) is 5.66. The van der Waals surface area contributed by atoms with Crippen molar-refractivity contribution in [2.75, 3.05) is 0 Å². The number of unbranched alkanes of at least 4 members (excludes halogenated alkanes) is 2. The number of benzene rings is 1. The minimum Gasteiger partial charge on any atom is -0.118 e. The second kappa shape index (κ2) is 6.44. The molecule has 0 aliphatic heterocycles. The molecule has 0 bridgehead atoms. The summed E-state index contributed by atoms with van der Waals surface area (Å²) >= 11 is 6.60. The van der Waals surface area contributed by atoms with E-state index in [2.05, 4.69) is 40.7 Å². The van der Waals surface area contributed by atoms with Crippen LogP contribution in [0.25, 0.3) is 0 Å². The molecule has 0 amide bonds. The zero-order chi connectivity index (χ0) is 13.0. The third kappa shape index (κ3) is 3.48. The van der Waals surface area contributed by atoms with Gasteiger partial charge in [0.1, 0.15) is 0 Å². The topological polar surface area (TPSA) is 0 Å². The molecule has 0 spiro atoms. The third-order valence-electron chi connectivity index (χ3n) is 3.80. The van der Waals surface area contributed by atoms with Crippen LogP contribution in [0.2, 0.25) is 0 Å². The number of aryl methyl sites for hydroxylation is 2. The summed E-state index contributed by atoms with van der Waals surface area (Å²) in [5, 5.41) is 0.181. The zero-order valence-electron chi connectivity index (χ0n) is 11.9. The fraction of sp³-hybridized carbons (Fsp3) is 0.625. The molecule has 0 heterocycles. The van der Waals surface area contributed by atoms with Crippen molar-refractivity contribution in [3.8, 4) is 0 Å². The lowest BCUT2D eigenvalue weighted by Crippen LogP contribution is -2.02. The van der Waals surface area contributed by atoms with E-state index in [0.717, 1.165) is 6.42 Å². The molecule has 1 unspecified atom stereocenters. The van der Waals surface area contributed by atoms with Gasteiger partial charge in [0.2, 0.25) is 0 Å². The van der Waals surface area contributed by atoms with Gasteiger partial charge in [-0.25, -0.2) is 0 Å². The lowest BCUT2D eigenvalue weighted by atomic mass is 9.90. The summed E-state index contributed by atoms with van der Waals surface area (Å²) in [6.45, 7) is 11.0. The number of hydrogen-bond acceptors (Lipinski definition) is 0. The van der Waals surface area contributed by atoms with Gasteiger partial charge in [0.05, 0.1) is 5.38 Å². The van der Waals surface area contributed by atoms with E-state index in [9.17, 15) is 0 Å². The van der Waals surface area contributed by atoms with Gasteiger partial charge in [0, 0.05) is 0 Å². The molecule has 0 radical (unpaired) electrons. The number of hydrogen-bond donors (Lipinski definition) is 0. The molecule has 96 valence electrons. The second-order valence-electron chi connectivity index (χ2n) is 5.14. The van der Waals surface area contributed by atoms with Crippen molar-refractivity contribution >= 4 is 11.6 Å². The molecule has 1 aromatic rings. The normalized spacial score (nSPS) is 12.8. The third-order valence-corrected chi connectivity index (χ3v) is 4.23. The van der Waals surface area contributed by atoms with Crippen molar-refractivity contribution in [1.82, 2.24) is 0 Å². The molecule has 0 fully saturated rings. The highest BCUT2D eigenvalue weighted by molar-refractivity contribution is 6.21. The Morgan fingerprint density at radius 3 is 2.00 bits per heavy atom. The first-order chi connectivity index (χ1) is 7.99. The largest absolute Gasteiger partial charge is 0.118 e. The summed E-state index contributed by atoms with van der Waals surface area (Å²) in [5.74, 6) is 0. The minimum atomic E-state index is 0.181. The Bertz CT molecular complexity index is 353. The van der Waals surface area contributed by atoms with Crippen molar-refractivity contribution < 1.29 is 0 Å². The van der Waals surface area contributed by atoms with E-state index in [4.69, 9.17) is 11.6 Å². The molecular formula is C16H25Cl. The Kier molecular flexibility index (Phi) is 5.52. The SMILES string of the molecule is CCCCCC(Cl)c1c(C)c(C)cc(C)c1C. The predicted octanol–water partition coefficient (Wildman–Crippen LogP) is 5.78. The molecule has 0 saturated heterocycles. The summed E-state index contributed by atoms with van der Waals surface area (Å²) in [6, 6.07) is 2.27. The summed E-state index contributed by atoms with van der Waals surface area (Å²) in [7, 11) is 0. The molecule has 1 aromatic carbocycles. The van der Waals surface area contributed by atoms with Crippen molar-refractivity contribution in [1.29, 1.82) is 0 Å². The van der Waals surface area contributed by atoms with Gasteiger partial charge in [-0.2, -0.15) is 0 Å². The lowest BCUT2D eigenvalue weighted by molar-refractivity contribution is 0.652. The molecule has 0 aliphatic carbocycles. The van der Waals surface area contributed by atoms with Gasteiger partial charge in [-0.3, -0.25) is 0 Å². The van der Waals surface area contributed by atoms with Crippen LogP contribution in [-0.4, -0.2) is 0 Å². The Balaban J connectivity index is 2.95.